The molecule has 1 heterocycles. The Balaban J connectivity index is 2.04. The second kappa shape index (κ2) is 7.92. The fourth-order valence-corrected chi connectivity index (χ4v) is 2.44. The van der Waals surface area contributed by atoms with E-state index in [1.807, 2.05) is 6.92 Å². The zero-order valence-corrected chi connectivity index (χ0v) is 13.4. The van der Waals surface area contributed by atoms with Gasteiger partial charge in [0.15, 0.2) is 0 Å². The number of halogens is 1. The van der Waals surface area contributed by atoms with Crippen LogP contribution >= 0.6 is 0 Å². The van der Waals surface area contributed by atoms with Crippen molar-refractivity contribution in [3.05, 3.63) is 47.5 Å². The SMILES string of the molecule is CCCC[C@H](NCc1ccc(-c2cccc(F)c2C)o1)C(=O)O. The molecule has 4 nitrogen and oxygen atoms in total. The molecule has 23 heavy (non-hydrogen) atoms. The molecule has 1 aromatic carbocycles. The molecule has 0 aliphatic rings. The van der Waals surface area contributed by atoms with Gasteiger partial charge in [-0.05, 0) is 37.1 Å². The lowest BCUT2D eigenvalue weighted by molar-refractivity contribution is -0.139. The standard InChI is InChI=1S/C18H22FNO3/c1-3-4-8-16(18(21)22)20-11-13-9-10-17(23-13)14-6-5-7-15(19)12(14)2/h5-7,9-10,16,20H,3-4,8,11H2,1-2H3,(H,21,22)/t16-/m0/s1. The Kier molecular flexibility index (Phi) is 5.93. The highest BCUT2D eigenvalue weighted by molar-refractivity contribution is 5.73. The van der Waals surface area contributed by atoms with E-state index in [4.69, 9.17) is 4.42 Å². The van der Waals surface area contributed by atoms with E-state index in [0.717, 1.165) is 12.8 Å². The third-order valence-corrected chi connectivity index (χ3v) is 3.86. The van der Waals surface area contributed by atoms with Crippen molar-refractivity contribution in [3.8, 4) is 11.3 Å². The number of benzene rings is 1. The second-order valence-corrected chi connectivity index (χ2v) is 5.59. The van der Waals surface area contributed by atoms with E-state index in [1.165, 1.54) is 6.07 Å². The molecule has 1 atom stereocenters. The lowest BCUT2D eigenvalue weighted by Gasteiger charge is -2.12. The molecule has 0 amide bonds. The summed E-state index contributed by atoms with van der Waals surface area (Å²) >= 11 is 0. The Morgan fingerprint density at radius 2 is 2.13 bits per heavy atom. The summed E-state index contributed by atoms with van der Waals surface area (Å²) in [6.45, 7) is 4.06. The normalized spacial score (nSPS) is 12.3. The Morgan fingerprint density at radius 1 is 1.35 bits per heavy atom. The molecule has 2 aromatic rings. The first-order chi connectivity index (χ1) is 11.0. The van der Waals surface area contributed by atoms with E-state index >= 15 is 0 Å². The van der Waals surface area contributed by atoms with Crippen LogP contribution in [-0.2, 0) is 11.3 Å². The van der Waals surface area contributed by atoms with Crippen molar-refractivity contribution in [3.63, 3.8) is 0 Å². The van der Waals surface area contributed by atoms with Crippen molar-refractivity contribution in [2.75, 3.05) is 0 Å². The maximum atomic E-state index is 13.6. The number of furan rings is 1. The van der Waals surface area contributed by atoms with Gasteiger partial charge in [0.25, 0.3) is 0 Å². The van der Waals surface area contributed by atoms with Gasteiger partial charge in [-0.15, -0.1) is 0 Å². The van der Waals surface area contributed by atoms with Crippen LogP contribution in [0.25, 0.3) is 11.3 Å². The van der Waals surface area contributed by atoms with Crippen LogP contribution in [0.15, 0.2) is 34.7 Å². The molecule has 0 spiro atoms. The van der Waals surface area contributed by atoms with E-state index < -0.39 is 12.0 Å². The number of rotatable bonds is 8. The number of unbranched alkanes of at least 4 members (excludes halogenated alkanes) is 1. The van der Waals surface area contributed by atoms with Gasteiger partial charge in [0.2, 0.25) is 0 Å². The predicted octanol–water partition coefficient (Wildman–Crippen LogP) is 4.13. The average Bonchev–Trinajstić information content (AvgIpc) is 2.98. The number of nitrogens with one attached hydrogen (secondary N) is 1. The Labute approximate surface area is 135 Å². The average molecular weight is 319 g/mol. The van der Waals surface area contributed by atoms with E-state index in [-0.39, 0.29) is 5.82 Å². The van der Waals surface area contributed by atoms with Gasteiger partial charge < -0.3 is 9.52 Å². The molecular formula is C18H22FNO3. The van der Waals surface area contributed by atoms with Crippen LogP contribution in [0, 0.1) is 12.7 Å². The van der Waals surface area contributed by atoms with Crippen molar-refractivity contribution in [1.82, 2.24) is 5.32 Å². The zero-order chi connectivity index (χ0) is 16.8. The second-order valence-electron chi connectivity index (χ2n) is 5.59. The summed E-state index contributed by atoms with van der Waals surface area (Å²) in [6.07, 6.45) is 2.40. The summed E-state index contributed by atoms with van der Waals surface area (Å²) in [5.41, 5.74) is 1.24. The molecular weight excluding hydrogens is 297 g/mol. The molecule has 0 aliphatic carbocycles. The highest BCUT2D eigenvalue weighted by atomic mass is 19.1. The van der Waals surface area contributed by atoms with E-state index in [0.29, 0.717) is 35.6 Å². The largest absolute Gasteiger partial charge is 0.480 e. The van der Waals surface area contributed by atoms with Gasteiger partial charge in [0, 0.05) is 5.56 Å². The first-order valence-electron chi connectivity index (χ1n) is 7.83. The van der Waals surface area contributed by atoms with Crippen LogP contribution in [0.5, 0.6) is 0 Å². The molecule has 0 bridgehead atoms. The van der Waals surface area contributed by atoms with Gasteiger partial charge in [-0.2, -0.15) is 0 Å². The van der Waals surface area contributed by atoms with Crippen molar-refractivity contribution in [1.29, 1.82) is 0 Å². The smallest absolute Gasteiger partial charge is 0.320 e. The maximum Gasteiger partial charge on any atom is 0.320 e. The number of hydrogen-bond acceptors (Lipinski definition) is 3. The van der Waals surface area contributed by atoms with Gasteiger partial charge in [-0.25, -0.2) is 4.39 Å². The predicted molar refractivity (Wildman–Crippen MR) is 86.6 cm³/mol. The van der Waals surface area contributed by atoms with Crippen LogP contribution in [0.2, 0.25) is 0 Å². The van der Waals surface area contributed by atoms with Gasteiger partial charge in [0.05, 0.1) is 6.54 Å². The number of hydrogen-bond donors (Lipinski definition) is 2. The number of carboxylic acid groups (broad SMARTS) is 1. The quantitative estimate of drug-likeness (QED) is 0.768. The van der Waals surface area contributed by atoms with Crippen LogP contribution < -0.4 is 5.32 Å². The number of carboxylic acids is 1. The third-order valence-electron chi connectivity index (χ3n) is 3.86. The minimum absolute atomic E-state index is 0.274. The molecule has 0 radical (unpaired) electrons. The van der Waals surface area contributed by atoms with Gasteiger partial charge in [0.1, 0.15) is 23.4 Å². The fourth-order valence-electron chi connectivity index (χ4n) is 2.44. The molecule has 124 valence electrons. The fraction of sp³-hybridized carbons (Fsp3) is 0.389. The minimum atomic E-state index is -0.855. The molecule has 0 fully saturated rings. The summed E-state index contributed by atoms with van der Waals surface area (Å²) in [5.74, 6) is 0.0842. The molecule has 0 unspecified atom stereocenters. The van der Waals surface area contributed by atoms with Gasteiger partial charge >= 0.3 is 5.97 Å². The van der Waals surface area contributed by atoms with Crippen LogP contribution in [0.3, 0.4) is 0 Å². The van der Waals surface area contributed by atoms with Crippen molar-refractivity contribution < 1.29 is 18.7 Å². The summed E-state index contributed by atoms with van der Waals surface area (Å²) in [4.78, 5) is 11.2. The van der Waals surface area contributed by atoms with E-state index in [1.54, 1.807) is 31.2 Å². The summed E-state index contributed by atoms with van der Waals surface area (Å²) < 4.78 is 19.3. The summed E-state index contributed by atoms with van der Waals surface area (Å²) in [7, 11) is 0. The number of carbonyl (C=O) groups is 1. The van der Waals surface area contributed by atoms with Gasteiger partial charge in [-0.3, -0.25) is 10.1 Å². The molecule has 0 aliphatic heterocycles. The summed E-state index contributed by atoms with van der Waals surface area (Å²) in [6, 6.07) is 7.83. The van der Waals surface area contributed by atoms with Crippen LogP contribution in [0.1, 0.15) is 37.5 Å². The lowest BCUT2D eigenvalue weighted by atomic mass is 10.1. The summed E-state index contributed by atoms with van der Waals surface area (Å²) in [5, 5.41) is 12.2. The first kappa shape index (κ1) is 17.2. The number of aliphatic carboxylic acids is 1. The molecule has 0 saturated heterocycles. The van der Waals surface area contributed by atoms with Crippen molar-refractivity contribution in [2.24, 2.45) is 0 Å². The lowest BCUT2D eigenvalue weighted by Crippen LogP contribution is -2.36. The van der Waals surface area contributed by atoms with Crippen LogP contribution in [0.4, 0.5) is 4.39 Å². The molecule has 2 rings (SSSR count). The molecule has 2 N–H and O–H groups in total. The third kappa shape index (κ3) is 4.42. The highest BCUT2D eigenvalue weighted by Crippen LogP contribution is 2.27. The first-order valence-corrected chi connectivity index (χ1v) is 7.83. The molecule has 5 heteroatoms. The highest BCUT2D eigenvalue weighted by Gasteiger charge is 2.17. The maximum absolute atomic E-state index is 13.6. The Hall–Kier alpha value is -2.14. The minimum Gasteiger partial charge on any atom is -0.480 e. The van der Waals surface area contributed by atoms with Gasteiger partial charge in [-0.1, -0.05) is 31.9 Å². The van der Waals surface area contributed by atoms with Crippen molar-refractivity contribution in [2.45, 2.75) is 45.7 Å². The van der Waals surface area contributed by atoms with Crippen molar-refractivity contribution >= 4 is 5.97 Å². The Morgan fingerprint density at radius 3 is 2.83 bits per heavy atom. The molecule has 0 saturated carbocycles. The van der Waals surface area contributed by atoms with Crippen LogP contribution in [-0.4, -0.2) is 17.1 Å². The molecule has 1 aromatic heterocycles. The monoisotopic (exact) mass is 319 g/mol. The topological polar surface area (TPSA) is 62.5 Å². The zero-order valence-electron chi connectivity index (χ0n) is 13.4. The van der Waals surface area contributed by atoms with E-state index in [2.05, 4.69) is 5.32 Å². The Bertz CT molecular complexity index is 666. The van der Waals surface area contributed by atoms with E-state index in [9.17, 15) is 14.3 Å².